The maximum atomic E-state index is 11.9. The van der Waals surface area contributed by atoms with Gasteiger partial charge in [0.05, 0.1) is 0 Å². The minimum atomic E-state index is -0.157. The number of nitrogens with zero attached hydrogens (tertiary/aromatic N) is 2. The predicted octanol–water partition coefficient (Wildman–Crippen LogP) is 0.862. The molecule has 0 spiro atoms. The van der Waals surface area contributed by atoms with Gasteiger partial charge in [-0.1, -0.05) is 0 Å². The summed E-state index contributed by atoms with van der Waals surface area (Å²) in [7, 11) is 0. The molecule has 1 fully saturated rings. The smallest absolute Gasteiger partial charge is 0.251 e. The van der Waals surface area contributed by atoms with Gasteiger partial charge in [0.25, 0.3) is 5.91 Å². The SMILES string of the molecule is N#Cc1cc(C(=O)NC2CCOCC2)ccn1. The van der Waals surface area contributed by atoms with Gasteiger partial charge in [0.1, 0.15) is 11.8 Å². The van der Waals surface area contributed by atoms with E-state index in [2.05, 4.69) is 10.3 Å². The second-order valence-corrected chi connectivity index (χ2v) is 3.90. The highest BCUT2D eigenvalue weighted by Crippen LogP contribution is 2.08. The van der Waals surface area contributed by atoms with Crippen LogP contribution in [-0.4, -0.2) is 30.1 Å². The Bertz CT molecular complexity index is 447. The molecule has 0 unspecified atom stereocenters. The van der Waals surface area contributed by atoms with Gasteiger partial charge in [-0.3, -0.25) is 4.79 Å². The Morgan fingerprint density at radius 1 is 1.53 bits per heavy atom. The fourth-order valence-corrected chi connectivity index (χ4v) is 1.74. The molecule has 0 bridgehead atoms. The summed E-state index contributed by atoms with van der Waals surface area (Å²) >= 11 is 0. The van der Waals surface area contributed by atoms with Crippen LogP contribution in [0.4, 0.5) is 0 Å². The van der Waals surface area contributed by atoms with E-state index in [0.717, 1.165) is 12.8 Å². The number of ether oxygens (including phenoxy) is 1. The molecule has 1 aliphatic heterocycles. The fourth-order valence-electron chi connectivity index (χ4n) is 1.74. The second kappa shape index (κ2) is 5.41. The van der Waals surface area contributed by atoms with Crippen LogP contribution in [0.2, 0.25) is 0 Å². The Hall–Kier alpha value is -1.93. The maximum absolute atomic E-state index is 11.9. The topological polar surface area (TPSA) is 75.0 Å². The molecule has 88 valence electrons. The van der Waals surface area contributed by atoms with Gasteiger partial charge in [0.15, 0.2) is 0 Å². The number of nitrogens with one attached hydrogen (secondary N) is 1. The monoisotopic (exact) mass is 231 g/mol. The first kappa shape index (κ1) is 11.6. The number of aromatic nitrogens is 1. The Balaban J connectivity index is 2.01. The molecule has 5 heteroatoms. The van der Waals surface area contributed by atoms with Crippen molar-refractivity contribution in [3.05, 3.63) is 29.6 Å². The minimum absolute atomic E-state index is 0.157. The number of hydrogen-bond donors (Lipinski definition) is 1. The van der Waals surface area contributed by atoms with Crippen LogP contribution < -0.4 is 5.32 Å². The number of carbonyl (C=O) groups excluding carboxylic acids is 1. The first-order valence-electron chi connectivity index (χ1n) is 5.54. The van der Waals surface area contributed by atoms with Crippen molar-refractivity contribution < 1.29 is 9.53 Å². The number of pyridine rings is 1. The number of hydrogen-bond acceptors (Lipinski definition) is 4. The van der Waals surface area contributed by atoms with Crippen molar-refractivity contribution in [1.82, 2.24) is 10.3 Å². The number of nitriles is 1. The lowest BCUT2D eigenvalue weighted by atomic mass is 10.1. The molecule has 1 aromatic rings. The Morgan fingerprint density at radius 3 is 3.00 bits per heavy atom. The van der Waals surface area contributed by atoms with E-state index in [0.29, 0.717) is 18.8 Å². The summed E-state index contributed by atoms with van der Waals surface area (Å²) in [5.74, 6) is -0.157. The number of rotatable bonds is 2. The third-order valence-electron chi connectivity index (χ3n) is 2.69. The standard InChI is InChI=1S/C12H13N3O2/c13-8-11-7-9(1-4-14-11)12(16)15-10-2-5-17-6-3-10/h1,4,7,10H,2-3,5-6H2,(H,15,16). The van der Waals surface area contributed by atoms with Crippen molar-refractivity contribution in [2.75, 3.05) is 13.2 Å². The lowest BCUT2D eigenvalue weighted by Crippen LogP contribution is -2.38. The van der Waals surface area contributed by atoms with Gasteiger partial charge < -0.3 is 10.1 Å². The molecule has 0 saturated carbocycles. The van der Waals surface area contributed by atoms with E-state index in [4.69, 9.17) is 10.00 Å². The van der Waals surface area contributed by atoms with Crippen molar-refractivity contribution in [3.8, 4) is 6.07 Å². The van der Waals surface area contributed by atoms with Crippen LogP contribution in [0.15, 0.2) is 18.3 Å². The third-order valence-corrected chi connectivity index (χ3v) is 2.69. The number of amides is 1. The van der Waals surface area contributed by atoms with Crippen molar-refractivity contribution in [2.45, 2.75) is 18.9 Å². The van der Waals surface area contributed by atoms with Crippen LogP contribution in [0, 0.1) is 11.3 Å². The van der Waals surface area contributed by atoms with E-state index in [-0.39, 0.29) is 17.6 Å². The molecule has 0 aliphatic carbocycles. The molecule has 1 aromatic heterocycles. The zero-order valence-electron chi connectivity index (χ0n) is 9.35. The van der Waals surface area contributed by atoms with Crippen LogP contribution in [-0.2, 0) is 4.74 Å². The summed E-state index contributed by atoms with van der Waals surface area (Å²) < 4.78 is 5.22. The first-order valence-corrected chi connectivity index (χ1v) is 5.54. The van der Waals surface area contributed by atoms with Gasteiger partial charge in [0, 0.05) is 31.0 Å². The number of carbonyl (C=O) groups is 1. The molecule has 0 radical (unpaired) electrons. The summed E-state index contributed by atoms with van der Waals surface area (Å²) in [6, 6.07) is 5.18. The molecule has 0 atom stereocenters. The largest absolute Gasteiger partial charge is 0.381 e. The summed E-state index contributed by atoms with van der Waals surface area (Å²) in [4.78, 5) is 15.7. The van der Waals surface area contributed by atoms with Gasteiger partial charge in [-0.05, 0) is 25.0 Å². The Labute approximate surface area is 99.4 Å². The van der Waals surface area contributed by atoms with Gasteiger partial charge in [-0.2, -0.15) is 5.26 Å². The second-order valence-electron chi connectivity index (χ2n) is 3.90. The van der Waals surface area contributed by atoms with Crippen molar-refractivity contribution in [3.63, 3.8) is 0 Å². The summed E-state index contributed by atoms with van der Waals surface area (Å²) in [6.45, 7) is 1.37. The molecule has 1 aliphatic rings. The molecule has 0 aromatic carbocycles. The normalized spacial score (nSPS) is 16.2. The van der Waals surface area contributed by atoms with E-state index in [1.807, 2.05) is 6.07 Å². The van der Waals surface area contributed by atoms with Crippen LogP contribution in [0.1, 0.15) is 28.9 Å². The molecule has 5 nitrogen and oxygen atoms in total. The third kappa shape index (κ3) is 3.02. The Morgan fingerprint density at radius 2 is 2.29 bits per heavy atom. The van der Waals surface area contributed by atoms with Crippen molar-refractivity contribution >= 4 is 5.91 Å². The first-order chi connectivity index (χ1) is 8.29. The average molecular weight is 231 g/mol. The Kier molecular flexibility index (Phi) is 3.68. The van der Waals surface area contributed by atoms with Crippen LogP contribution in [0.25, 0.3) is 0 Å². The zero-order valence-corrected chi connectivity index (χ0v) is 9.35. The highest BCUT2D eigenvalue weighted by molar-refractivity contribution is 5.94. The van der Waals surface area contributed by atoms with Crippen LogP contribution in [0.5, 0.6) is 0 Å². The summed E-state index contributed by atoms with van der Waals surface area (Å²) in [6.07, 6.45) is 3.14. The molecular formula is C12H13N3O2. The molecule has 1 amide bonds. The average Bonchev–Trinajstić information content (AvgIpc) is 2.40. The van der Waals surface area contributed by atoms with Crippen LogP contribution >= 0.6 is 0 Å². The van der Waals surface area contributed by atoms with Crippen molar-refractivity contribution in [1.29, 1.82) is 5.26 Å². The van der Waals surface area contributed by atoms with E-state index in [1.54, 1.807) is 6.07 Å². The molecular weight excluding hydrogens is 218 g/mol. The summed E-state index contributed by atoms with van der Waals surface area (Å²) in [5, 5.41) is 11.6. The highest BCUT2D eigenvalue weighted by Gasteiger charge is 2.17. The zero-order chi connectivity index (χ0) is 12.1. The van der Waals surface area contributed by atoms with E-state index >= 15 is 0 Å². The van der Waals surface area contributed by atoms with Gasteiger partial charge >= 0.3 is 0 Å². The molecule has 1 saturated heterocycles. The lowest BCUT2D eigenvalue weighted by Gasteiger charge is -2.23. The quantitative estimate of drug-likeness (QED) is 0.819. The van der Waals surface area contributed by atoms with Gasteiger partial charge in [-0.15, -0.1) is 0 Å². The molecule has 2 heterocycles. The lowest BCUT2D eigenvalue weighted by molar-refractivity contribution is 0.0696. The van der Waals surface area contributed by atoms with Crippen LogP contribution in [0.3, 0.4) is 0 Å². The molecule has 17 heavy (non-hydrogen) atoms. The van der Waals surface area contributed by atoms with Gasteiger partial charge in [0.2, 0.25) is 0 Å². The summed E-state index contributed by atoms with van der Waals surface area (Å²) in [5.41, 5.74) is 0.729. The highest BCUT2D eigenvalue weighted by atomic mass is 16.5. The molecule has 1 N–H and O–H groups in total. The minimum Gasteiger partial charge on any atom is -0.381 e. The fraction of sp³-hybridized carbons (Fsp3) is 0.417. The van der Waals surface area contributed by atoms with E-state index in [1.165, 1.54) is 12.3 Å². The van der Waals surface area contributed by atoms with Gasteiger partial charge in [-0.25, -0.2) is 4.98 Å². The predicted molar refractivity (Wildman–Crippen MR) is 60.3 cm³/mol. The van der Waals surface area contributed by atoms with E-state index < -0.39 is 0 Å². The maximum Gasteiger partial charge on any atom is 0.251 e. The molecule has 2 rings (SSSR count). The van der Waals surface area contributed by atoms with E-state index in [9.17, 15) is 4.79 Å². The van der Waals surface area contributed by atoms with Crippen molar-refractivity contribution in [2.24, 2.45) is 0 Å².